The molecule has 1 aromatic carbocycles. The maximum Gasteiger partial charge on any atom is 0.267 e. The number of anilines is 1. The molecule has 24 heavy (non-hydrogen) atoms. The molecule has 0 spiro atoms. The molecule has 0 atom stereocenters. The number of nitrogens with one attached hydrogen (secondary N) is 1. The van der Waals surface area contributed by atoms with Crippen LogP contribution in [0, 0.1) is 0 Å². The van der Waals surface area contributed by atoms with Crippen molar-refractivity contribution in [3.8, 4) is 10.6 Å². The molecule has 2 heterocycles. The summed E-state index contributed by atoms with van der Waals surface area (Å²) in [4.78, 5) is 25.0. The summed E-state index contributed by atoms with van der Waals surface area (Å²) < 4.78 is 1.12. The Bertz CT molecular complexity index is 918. The number of rotatable bonds is 4. The van der Waals surface area contributed by atoms with Gasteiger partial charge < -0.3 is 5.32 Å². The molecular formula is C16H11Cl2N3O2S. The average molecular weight is 380 g/mol. The molecule has 8 heteroatoms. The van der Waals surface area contributed by atoms with E-state index in [0.29, 0.717) is 21.4 Å². The summed E-state index contributed by atoms with van der Waals surface area (Å²) in [6.07, 6.45) is 0. The predicted molar refractivity (Wildman–Crippen MR) is 96.9 cm³/mol. The van der Waals surface area contributed by atoms with Crippen molar-refractivity contribution in [2.75, 3.05) is 5.32 Å². The third-order valence-electron chi connectivity index (χ3n) is 3.08. The second-order valence-corrected chi connectivity index (χ2v) is 6.72. The van der Waals surface area contributed by atoms with E-state index in [4.69, 9.17) is 23.2 Å². The Morgan fingerprint density at radius 1 is 1.17 bits per heavy atom. The highest BCUT2D eigenvalue weighted by molar-refractivity contribution is 7.13. The van der Waals surface area contributed by atoms with Gasteiger partial charge in [0, 0.05) is 21.8 Å². The van der Waals surface area contributed by atoms with E-state index in [1.54, 1.807) is 24.3 Å². The van der Waals surface area contributed by atoms with E-state index >= 15 is 0 Å². The Balaban J connectivity index is 1.79. The van der Waals surface area contributed by atoms with Gasteiger partial charge in [-0.15, -0.1) is 11.3 Å². The minimum atomic E-state index is -0.397. The van der Waals surface area contributed by atoms with Crippen LogP contribution in [0.1, 0.15) is 0 Å². The molecule has 1 N–H and O–H groups in total. The summed E-state index contributed by atoms with van der Waals surface area (Å²) in [7, 11) is 0. The van der Waals surface area contributed by atoms with Crippen molar-refractivity contribution in [2.45, 2.75) is 6.54 Å². The summed E-state index contributed by atoms with van der Waals surface area (Å²) in [6, 6.07) is 11.5. The molecule has 0 aliphatic heterocycles. The maximum absolute atomic E-state index is 12.2. The largest absolute Gasteiger partial charge is 0.324 e. The summed E-state index contributed by atoms with van der Waals surface area (Å²) in [5, 5.41) is 9.62. The number of hydrogen-bond acceptors (Lipinski definition) is 4. The summed E-state index contributed by atoms with van der Waals surface area (Å²) in [6.45, 7) is -0.206. The number of carbonyl (C=O) groups is 1. The van der Waals surface area contributed by atoms with Crippen molar-refractivity contribution < 1.29 is 4.79 Å². The van der Waals surface area contributed by atoms with Gasteiger partial charge in [0.1, 0.15) is 12.2 Å². The minimum Gasteiger partial charge on any atom is -0.324 e. The molecule has 0 unspecified atom stereocenters. The summed E-state index contributed by atoms with van der Waals surface area (Å²) in [5.74, 6) is -0.397. The summed E-state index contributed by atoms with van der Waals surface area (Å²) >= 11 is 13.3. The van der Waals surface area contributed by atoms with Crippen LogP contribution in [0.5, 0.6) is 0 Å². The number of nitrogens with zero attached hydrogens (tertiary/aromatic N) is 2. The van der Waals surface area contributed by atoms with Crippen molar-refractivity contribution in [2.24, 2.45) is 0 Å². The second-order valence-electron chi connectivity index (χ2n) is 4.90. The smallest absolute Gasteiger partial charge is 0.267 e. The number of hydrogen-bond donors (Lipinski definition) is 1. The zero-order valence-electron chi connectivity index (χ0n) is 12.2. The fraction of sp³-hybridized carbons (Fsp3) is 0.0625. The third-order valence-corrected chi connectivity index (χ3v) is 4.41. The van der Waals surface area contributed by atoms with Crippen molar-refractivity contribution in [3.63, 3.8) is 0 Å². The Morgan fingerprint density at radius 3 is 2.58 bits per heavy atom. The number of halogens is 2. The van der Waals surface area contributed by atoms with Crippen LogP contribution in [0.15, 0.2) is 52.6 Å². The van der Waals surface area contributed by atoms with Crippen LogP contribution in [-0.4, -0.2) is 15.7 Å². The lowest BCUT2D eigenvalue weighted by atomic mass is 10.3. The fourth-order valence-corrected chi connectivity index (χ4v) is 3.30. The molecule has 3 aromatic rings. The molecule has 0 saturated heterocycles. The summed E-state index contributed by atoms with van der Waals surface area (Å²) in [5.41, 5.74) is 0.748. The van der Waals surface area contributed by atoms with E-state index in [0.717, 1.165) is 9.56 Å². The second kappa shape index (κ2) is 7.17. The van der Waals surface area contributed by atoms with Crippen LogP contribution in [-0.2, 0) is 11.3 Å². The highest BCUT2D eigenvalue weighted by atomic mass is 35.5. The number of aromatic nitrogens is 2. The van der Waals surface area contributed by atoms with E-state index in [1.165, 1.54) is 17.4 Å². The van der Waals surface area contributed by atoms with Gasteiger partial charge in [0.05, 0.1) is 4.88 Å². The first-order valence-electron chi connectivity index (χ1n) is 6.89. The van der Waals surface area contributed by atoms with Gasteiger partial charge in [-0.3, -0.25) is 9.59 Å². The molecule has 1 amide bonds. The Labute approximate surface area is 151 Å². The first-order valence-corrected chi connectivity index (χ1v) is 8.53. The van der Waals surface area contributed by atoms with Crippen LogP contribution in [0.4, 0.5) is 5.69 Å². The van der Waals surface area contributed by atoms with Crippen molar-refractivity contribution in [1.29, 1.82) is 0 Å². The number of thiophene rings is 1. The van der Waals surface area contributed by atoms with Gasteiger partial charge in [-0.2, -0.15) is 5.10 Å². The molecule has 0 aliphatic rings. The Kier molecular flexibility index (Phi) is 4.99. The lowest BCUT2D eigenvalue weighted by molar-refractivity contribution is -0.117. The van der Waals surface area contributed by atoms with Crippen LogP contribution in [0.25, 0.3) is 10.6 Å². The lowest BCUT2D eigenvalue weighted by Crippen LogP contribution is -2.29. The first kappa shape index (κ1) is 16.7. The van der Waals surface area contributed by atoms with Gasteiger partial charge in [0.15, 0.2) is 0 Å². The first-order chi connectivity index (χ1) is 11.5. The Morgan fingerprint density at radius 2 is 1.92 bits per heavy atom. The van der Waals surface area contributed by atoms with Gasteiger partial charge in [0.2, 0.25) is 5.91 Å². The zero-order valence-corrected chi connectivity index (χ0v) is 14.5. The zero-order chi connectivity index (χ0) is 17.1. The van der Waals surface area contributed by atoms with Gasteiger partial charge in [0.25, 0.3) is 5.56 Å². The molecule has 3 rings (SSSR count). The standard InChI is InChI=1S/C16H11Cl2N3O2S/c17-10-6-11(18)8-12(7-10)19-15(22)9-21-16(23)4-3-13(20-21)14-2-1-5-24-14/h1-8H,9H2,(H,19,22). The SMILES string of the molecule is O=C(Cn1nc(-c2cccs2)ccc1=O)Nc1cc(Cl)cc(Cl)c1. The Hall–Kier alpha value is -2.15. The molecule has 122 valence electrons. The quantitative estimate of drug-likeness (QED) is 0.746. The molecule has 0 bridgehead atoms. The fourth-order valence-electron chi connectivity index (χ4n) is 2.08. The highest BCUT2D eigenvalue weighted by Crippen LogP contribution is 2.23. The van der Waals surface area contributed by atoms with E-state index in [9.17, 15) is 9.59 Å². The molecule has 5 nitrogen and oxygen atoms in total. The lowest BCUT2D eigenvalue weighted by Gasteiger charge is -2.08. The van der Waals surface area contributed by atoms with Gasteiger partial charge >= 0.3 is 0 Å². The van der Waals surface area contributed by atoms with E-state index in [2.05, 4.69) is 10.4 Å². The van der Waals surface area contributed by atoms with E-state index < -0.39 is 5.91 Å². The number of amides is 1. The van der Waals surface area contributed by atoms with E-state index in [-0.39, 0.29) is 12.1 Å². The molecule has 0 aliphatic carbocycles. The van der Waals surface area contributed by atoms with Crippen LogP contribution in [0.3, 0.4) is 0 Å². The van der Waals surface area contributed by atoms with Crippen molar-refractivity contribution >= 4 is 46.1 Å². The molecule has 0 radical (unpaired) electrons. The van der Waals surface area contributed by atoms with Crippen LogP contribution >= 0.6 is 34.5 Å². The third kappa shape index (κ3) is 4.03. The number of benzene rings is 1. The highest BCUT2D eigenvalue weighted by Gasteiger charge is 2.09. The van der Waals surface area contributed by atoms with Crippen molar-refractivity contribution in [1.82, 2.24) is 9.78 Å². The normalized spacial score (nSPS) is 10.6. The van der Waals surface area contributed by atoms with Crippen LogP contribution < -0.4 is 10.9 Å². The van der Waals surface area contributed by atoms with Gasteiger partial charge in [-0.1, -0.05) is 29.3 Å². The molecular weight excluding hydrogens is 369 g/mol. The van der Waals surface area contributed by atoms with E-state index in [1.807, 2.05) is 17.5 Å². The topological polar surface area (TPSA) is 64.0 Å². The van der Waals surface area contributed by atoms with Gasteiger partial charge in [-0.25, -0.2) is 4.68 Å². The van der Waals surface area contributed by atoms with Crippen molar-refractivity contribution in [3.05, 3.63) is 68.2 Å². The molecule has 0 fully saturated rings. The predicted octanol–water partition coefficient (Wildman–Crippen LogP) is 3.92. The van der Waals surface area contributed by atoms with Crippen LogP contribution in [0.2, 0.25) is 10.0 Å². The average Bonchev–Trinajstić information content (AvgIpc) is 3.02. The minimum absolute atomic E-state index is 0.206. The van der Waals surface area contributed by atoms with Gasteiger partial charge in [-0.05, 0) is 35.7 Å². The number of carbonyl (C=O) groups excluding carboxylic acids is 1. The molecule has 0 saturated carbocycles. The monoisotopic (exact) mass is 379 g/mol. The maximum atomic E-state index is 12.2. The molecule has 2 aromatic heterocycles.